The molecule has 1 aliphatic rings. The van der Waals surface area contributed by atoms with Crippen LogP contribution in [0.25, 0.3) is 0 Å². The number of nitrogens with one attached hydrogen (secondary N) is 1. The third-order valence-electron chi connectivity index (χ3n) is 4.15. The van der Waals surface area contributed by atoms with Crippen molar-refractivity contribution in [2.75, 3.05) is 7.11 Å². The molecule has 0 spiro atoms. The number of rotatable bonds is 5. The van der Waals surface area contributed by atoms with Crippen molar-refractivity contribution < 1.29 is 14.3 Å². The molecule has 24 heavy (non-hydrogen) atoms. The van der Waals surface area contributed by atoms with E-state index in [0.29, 0.717) is 17.3 Å². The van der Waals surface area contributed by atoms with Crippen molar-refractivity contribution in [3.05, 3.63) is 48.3 Å². The molecule has 0 unspecified atom stereocenters. The summed E-state index contributed by atoms with van der Waals surface area (Å²) in [7, 11) is 1.55. The molecular formula is C18H21N3O3. The van der Waals surface area contributed by atoms with Gasteiger partial charge in [0.2, 0.25) is 0 Å². The first-order valence-electron chi connectivity index (χ1n) is 8.14. The highest BCUT2D eigenvalue weighted by molar-refractivity contribution is 5.94. The Balaban J connectivity index is 1.50. The molecule has 0 atom stereocenters. The van der Waals surface area contributed by atoms with Gasteiger partial charge in [-0.15, -0.1) is 0 Å². The van der Waals surface area contributed by atoms with Crippen molar-refractivity contribution in [3.8, 4) is 11.8 Å². The third kappa shape index (κ3) is 4.01. The molecule has 1 N–H and O–H groups in total. The van der Waals surface area contributed by atoms with E-state index < -0.39 is 0 Å². The summed E-state index contributed by atoms with van der Waals surface area (Å²) in [4.78, 5) is 20.4. The highest BCUT2D eigenvalue weighted by Gasteiger charge is 2.25. The number of methoxy groups -OCH3 is 1. The van der Waals surface area contributed by atoms with Gasteiger partial charge in [0.1, 0.15) is 6.10 Å². The van der Waals surface area contributed by atoms with Crippen LogP contribution in [-0.2, 0) is 0 Å². The molecular weight excluding hydrogens is 306 g/mol. The maximum absolute atomic E-state index is 12.2. The first-order chi connectivity index (χ1) is 11.8. The van der Waals surface area contributed by atoms with Crippen LogP contribution < -0.4 is 14.8 Å². The fourth-order valence-corrected chi connectivity index (χ4v) is 2.87. The molecule has 1 amide bonds. The highest BCUT2D eigenvalue weighted by atomic mass is 16.5. The fraction of sp³-hybridized carbons (Fsp3) is 0.389. The fourth-order valence-electron chi connectivity index (χ4n) is 2.87. The molecule has 6 nitrogen and oxygen atoms in total. The van der Waals surface area contributed by atoms with Crippen molar-refractivity contribution in [1.82, 2.24) is 15.3 Å². The van der Waals surface area contributed by atoms with E-state index in [2.05, 4.69) is 15.3 Å². The Morgan fingerprint density at radius 2 is 1.71 bits per heavy atom. The number of hydrogen-bond donors (Lipinski definition) is 1. The smallest absolute Gasteiger partial charge is 0.278 e. The van der Waals surface area contributed by atoms with E-state index in [9.17, 15) is 4.79 Å². The minimum Gasteiger partial charge on any atom is -0.477 e. The Morgan fingerprint density at radius 3 is 2.38 bits per heavy atom. The number of carbonyl (C=O) groups is 1. The van der Waals surface area contributed by atoms with Gasteiger partial charge < -0.3 is 14.8 Å². The van der Waals surface area contributed by atoms with E-state index in [0.717, 1.165) is 25.7 Å². The van der Waals surface area contributed by atoms with Gasteiger partial charge in [-0.25, -0.2) is 9.97 Å². The van der Waals surface area contributed by atoms with Crippen LogP contribution in [0.2, 0.25) is 0 Å². The summed E-state index contributed by atoms with van der Waals surface area (Å²) in [6.07, 6.45) is 6.71. The molecule has 1 heterocycles. The average molecular weight is 327 g/mol. The normalized spacial score (nSPS) is 20.2. The Morgan fingerprint density at radius 1 is 1.04 bits per heavy atom. The molecule has 1 aromatic heterocycles. The molecule has 126 valence electrons. The Kier molecular flexibility index (Phi) is 5.25. The summed E-state index contributed by atoms with van der Waals surface area (Å²) in [5.41, 5.74) is 0.695. The molecule has 1 saturated carbocycles. The van der Waals surface area contributed by atoms with E-state index >= 15 is 0 Å². The summed E-state index contributed by atoms with van der Waals surface area (Å²) in [6, 6.07) is 9.47. The molecule has 0 aliphatic heterocycles. The van der Waals surface area contributed by atoms with Crippen LogP contribution in [0, 0.1) is 0 Å². The first kappa shape index (κ1) is 16.2. The Bertz CT molecular complexity index is 670. The highest BCUT2D eigenvalue weighted by Crippen LogP contribution is 2.27. The number of nitrogens with zero attached hydrogens (tertiary/aromatic N) is 2. The molecule has 1 aliphatic carbocycles. The zero-order valence-electron chi connectivity index (χ0n) is 13.6. The van der Waals surface area contributed by atoms with E-state index in [-0.39, 0.29) is 18.1 Å². The van der Waals surface area contributed by atoms with Gasteiger partial charge in [-0.3, -0.25) is 4.79 Å². The predicted octanol–water partition coefficient (Wildman–Crippen LogP) is 2.61. The lowest BCUT2D eigenvalue weighted by Crippen LogP contribution is -2.39. The maximum Gasteiger partial charge on any atom is 0.278 e. The molecule has 0 bridgehead atoms. The van der Waals surface area contributed by atoms with E-state index in [1.165, 1.54) is 0 Å². The molecule has 1 aromatic carbocycles. The first-order valence-corrected chi connectivity index (χ1v) is 8.14. The lowest BCUT2D eigenvalue weighted by Gasteiger charge is -2.29. The minimum atomic E-state index is -0.0180. The number of carbonyl (C=O) groups excluding carboxylic acids is 1. The standard InChI is InChI=1S/C18H21N3O3/c1-23-17-18(20-12-11-19-17)24-15-9-7-14(8-10-15)21-16(22)13-5-3-2-4-6-13/h2-6,11-12,14-15H,7-10H2,1H3,(H,21,22). The molecule has 2 aromatic rings. The van der Waals surface area contributed by atoms with Crippen LogP contribution in [-0.4, -0.2) is 35.1 Å². The number of amides is 1. The summed E-state index contributed by atoms with van der Waals surface area (Å²) in [5, 5.41) is 3.09. The van der Waals surface area contributed by atoms with E-state index in [4.69, 9.17) is 9.47 Å². The second-order valence-electron chi connectivity index (χ2n) is 5.80. The van der Waals surface area contributed by atoms with Crippen molar-refractivity contribution in [2.45, 2.75) is 37.8 Å². The largest absolute Gasteiger partial charge is 0.477 e. The van der Waals surface area contributed by atoms with Crippen molar-refractivity contribution in [3.63, 3.8) is 0 Å². The molecule has 0 radical (unpaired) electrons. The Labute approximate surface area is 141 Å². The zero-order valence-corrected chi connectivity index (χ0v) is 13.6. The van der Waals surface area contributed by atoms with Gasteiger partial charge in [0.25, 0.3) is 17.7 Å². The molecule has 6 heteroatoms. The molecule has 0 saturated heterocycles. The third-order valence-corrected chi connectivity index (χ3v) is 4.15. The topological polar surface area (TPSA) is 73.3 Å². The van der Waals surface area contributed by atoms with Gasteiger partial charge in [-0.2, -0.15) is 0 Å². The van der Waals surface area contributed by atoms with Crippen molar-refractivity contribution in [1.29, 1.82) is 0 Å². The van der Waals surface area contributed by atoms with Crippen LogP contribution in [0.3, 0.4) is 0 Å². The van der Waals surface area contributed by atoms with Crippen LogP contribution in [0.5, 0.6) is 11.8 Å². The lowest BCUT2D eigenvalue weighted by molar-refractivity contribution is 0.0886. The monoisotopic (exact) mass is 327 g/mol. The number of hydrogen-bond acceptors (Lipinski definition) is 5. The zero-order chi connectivity index (χ0) is 16.8. The number of aromatic nitrogens is 2. The van der Waals surface area contributed by atoms with Crippen LogP contribution >= 0.6 is 0 Å². The molecule has 1 fully saturated rings. The number of benzene rings is 1. The lowest BCUT2D eigenvalue weighted by atomic mass is 9.92. The maximum atomic E-state index is 12.2. The van der Waals surface area contributed by atoms with Gasteiger partial charge in [-0.05, 0) is 37.8 Å². The second-order valence-corrected chi connectivity index (χ2v) is 5.80. The average Bonchev–Trinajstić information content (AvgIpc) is 2.64. The summed E-state index contributed by atoms with van der Waals surface area (Å²) >= 11 is 0. The summed E-state index contributed by atoms with van der Waals surface area (Å²) in [6.45, 7) is 0. The van der Waals surface area contributed by atoms with Crippen molar-refractivity contribution >= 4 is 5.91 Å². The van der Waals surface area contributed by atoms with E-state index in [1.54, 1.807) is 19.5 Å². The molecule has 3 rings (SSSR count). The van der Waals surface area contributed by atoms with Gasteiger partial charge in [-0.1, -0.05) is 18.2 Å². The minimum absolute atomic E-state index is 0.0180. The van der Waals surface area contributed by atoms with Gasteiger partial charge in [0.15, 0.2) is 0 Å². The second kappa shape index (κ2) is 7.77. The van der Waals surface area contributed by atoms with E-state index in [1.807, 2.05) is 30.3 Å². The summed E-state index contributed by atoms with van der Waals surface area (Å²) < 4.78 is 11.1. The van der Waals surface area contributed by atoms with Crippen LogP contribution in [0.4, 0.5) is 0 Å². The van der Waals surface area contributed by atoms with Crippen LogP contribution in [0.1, 0.15) is 36.0 Å². The van der Waals surface area contributed by atoms with Gasteiger partial charge in [0.05, 0.1) is 7.11 Å². The summed E-state index contributed by atoms with van der Waals surface area (Å²) in [5.74, 6) is 0.810. The van der Waals surface area contributed by atoms with Gasteiger partial charge in [0, 0.05) is 24.0 Å². The predicted molar refractivity (Wildman–Crippen MR) is 89.2 cm³/mol. The number of ether oxygens (including phenoxy) is 2. The van der Waals surface area contributed by atoms with Crippen molar-refractivity contribution in [2.24, 2.45) is 0 Å². The quantitative estimate of drug-likeness (QED) is 0.914. The van der Waals surface area contributed by atoms with Crippen LogP contribution in [0.15, 0.2) is 42.7 Å². The Hall–Kier alpha value is -2.63. The van der Waals surface area contributed by atoms with Gasteiger partial charge >= 0.3 is 0 Å². The SMILES string of the molecule is COc1nccnc1OC1CCC(NC(=O)c2ccccc2)CC1.